The van der Waals surface area contributed by atoms with Gasteiger partial charge < -0.3 is 15.6 Å². The Balaban J connectivity index is 2.48. The van der Waals surface area contributed by atoms with E-state index in [0.29, 0.717) is 0 Å². The maximum absolute atomic E-state index is 13.6. The number of carboxylic acid groups (broad SMARTS) is 1. The summed E-state index contributed by atoms with van der Waals surface area (Å²) in [6.45, 7) is 0. The number of carboxylic acids is 1. The Morgan fingerprint density at radius 1 is 1.20 bits per heavy atom. The molecule has 0 fully saturated rings. The number of nitrogen functional groups attached to an aromatic ring is 1. The molecule has 4 nitrogen and oxygen atoms in total. The second kappa shape index (κ2) is 5.46. The SMILES string of the molecule is Nc1ccc(Oc2cc(Br)cc(F)c2F)c(C(=O)O)c1. The van der Waals surface area contributed by atoms with Crippen LogP contribution < -0.4 is 10.5 Å². The van der Waals surface area contributed by atoms with Crippen LogP contribution in [0.5, 0.6) is 11.5 Å². The summed E-state index contributed by atoms with van der Waals surface area (Å²) >= 11 is 3.00. The number of halogens is 3. The zero-order valence-electron chi connectivity index (χ0n) is 9.86. The Bertz CT molecular complexity index is 692. The van der Waals surface area contributed by atoms with Crippen molar-refractivity contribution in [3.05, 3.63) is 52.0 Å². The molecule has 2 aromatic rings. The zero-order valence-corrected chi connectivity index (χ0v) is 11.4. The predicted molar refractivity (Wildman–Crippen MR) is 71.9 cm³/mol. The summed E-state index contributed by atoms with van der Waals surface area (Å²) in [4.78, 5) is 11.1. The number of nitrogens with two attached hydrogens (primary N) is 1. The number of benzene rings is 2. The molecule has 20 heavy (non-hydrogen) atoms. The third kappa shape index (κ3) is 2.88. The van der Waals surface area contributed by atoms with Crippen molar-refractivity contribution < 1.29 is 23.4 Å². The Labute approximate surface area is 120 Å². The number of hydrogen-bond acceptors (Lipinski definition) is 3. The maximum atomic E-state index is 13.6. The lowest BCUT2D eigenvalue weighted by Crippen LogP contribution is -2.02. The van der Waals surface area contributed by atoms with E-state index in [1.54, 1.807) is 0 Å². The smallest absolute Gasteiger partial charge is 0.339 e. The summed E-state index contributed by atoms with van der Waals surface area (Å²) < 4.78 is 32.2. The molecule has 2 aromatic carbocycles. The predicted octanol–water partition coefficient (Wildman–Crippen LogP) is 3.80. The van der Waals surface area contributed by atoms with Crippen LogP contribution in [0.1, 0.15) is 10.4 Å². The van der Waals surface area contributed by atoms with E-state index in [2.05, 4.69) is 15.9 Å². The lowest BCUT2D eigenvalue weighted by Gasteiger charge is -2.11. The van der Waals surface area contributed by atoms with E-state index >= 15 is 0 Å². The molecule has 0 spiro atoms. The normalized spacial score (nSPS) is 10.3. The van der Waals surface area contributed by atoms with Crippen molar-refractivity contribution in [1.82, 2.24) is 0 Å². The first kappa shape index (κ1) is 14.3. The maximum Gasteiger partial charge on any atom is 0.339 e. The van der Waals surface area contributed by atoms with Crippen LogP contribution in [-0.2, 0) is 0 Å². The van der Waals surface area contributed by atoms with E-state index in [-0.39, 0.29) is 21.5 Å². The summed E-state index contributed by atoms with van der Waals surface area (Å²) in [5.41, 5.74) is 5.45. The molecule has 0 unspecified atom stereocenters. The lowest BCUT2D eigenvalue weighted by molar-refractivity contribution is 0.0694. The van der Waals surface area contributed by atoms with Gasteiger partial charge >= 0.3 is 5.97 Å². The highest BCUT2D eigenvalue weighted by atomic mass is 79.9. The van der Waals surface area contributed by atoms with Crippen molar-refractivity contribution in [2.75, 3.05) is 5.73 Å². The molecule has 2 rings (SSSR count). The van der Waals surface area contributed by atoms with Crippen LogP contribution in [0, 0.1) is 11.6 Å². The second-order valence-corrected chi connectivity index (χ2v) is 4.78. The van der Waals surface area contributed by atoms with Crippen molar-refractivity contribution in [2.45, 2.75) is 0 Å². The highest BCUT2D eigenvalue weighted by Gasteiger charge is 2.17. The molecular weight excluding hydrogens is 336 g/mol. The minimum Gasteiger partial charge on any atom is -0.478 e. The largest absolute Gasteiger partial charge is 0.478 e. The van der Waals surface area contributed by atoms with Crippen molar-refractivity contribution >= 4 is 27.6 Å². The van der Waals surface area contributed by atoms with Gasteiger partial charge in [-0.2, -0.15) is 4.39 Å². The lowest BCUT2D eigenvalue weighted by atomic mass is 10.2. The molecule has 0 aliphatic rings. The molecule has 0 aliphatic carbocycles. The van der Waals surface area contributed by atoms with Crippen LogP contribution in [0.3, 0.4) is 0 Å². The molecule has 0 saturated heterocycles. The fraction of sp³-hybridized carbons (Fsp3) is 0. The van der Waals surface area contributed by atoms with E-state index < -0.39 is 23.4 Å². The van der Waals surface area contributed by atoms with E-state index in [9.17, 15) is 13.6 Å². The van der Waals surface area contributed by atoms with Gasteiger partial charge in [-0.25, -0.2) is 9.18 Å². The van der Waals surface area contributed by atoms with E-state index in [1.807, 2.05) is 0 Å². The van der Waals surface area contributed by atoms with Gasteiger partial charge in [0.1, 0.15) is 11.3 Å². The molecule has 3 N–H and O–H groups in total. The minimum atomic E-state index is -1.29. The first-order valence-corrected chi connectivity index (χ1v) is 6.13. The first-order valence-electron chi connectivity index (χ1n) is 5.33. The first-order chi connectivity index (χ1) is 9.38. The van der Waals surface area contributed by atoms with Gasteiger partial charge in [0.15, 0.2) is 11.6 Å². The number of ether oxygens (including phenoxy) is 1. The van der Waals surface area contributed by atoms with Crippen LogP contribution >= 0.6 is 15.9 Å². The number of rotatable bonds is 3. The molecule has 0 aromatic heterocycles. The third-order valence-electron chi connectivity index (χ3n) is 2.41. The van der Waals surface area contributed by atoms with Gasteiger partial charge in [0, 0.05) is 10.2 Å². The van der Waals surface area contributed by atoms with Crippen LogP contribution in [-0.4, -0.2) is 11.1 Å². The Morgan fingerprint density at radius 2 is 1.90 bits per heavy atom. The molecule has 0 radical (unpaired) electrons. The summed E-state index contributed by atoms with van der Waals surface area (Å²) in [6.07, 6.45) is 0. The van der Waals surface area contributed by atoms with Crippen molar-refractivity contribution in [2.24, 2.45) is 0 Å². The molecule has 0 heterocycles. The van der Waals surface area contributed by atoms with Crippen LogP contribution in [0.2, 0.25) is 0 Å². The monoisotopic (exact) mass is 343 g/mol. The Kier molecular flexibility index (Phi) is 3.89. The standard InChI is InChI=1S/C13H8BrF2NO3/c14-6-3-9(15)12(16)11(4-6)20-10-2-1-7(17)5-8(10)13(18)19/h1-5H,17H2,(H,18,19). The molecular formula is C13H8BrF2NO3. The summed E-state index contributed by atoms with van der Waals surface area (Å²) in [5, 5.41) is 9.03. The second-order valence-electron chi connectivity index (χ2n) is 3.86. The summed E-state index contributed by atoms with van der Waals surface area (Å²) in [6, 6.07) is 5.97. The van der Waals surface area contributed by atoms with E-state index in [1.165, 1.54) is 24.3 Å². The quantitative estimate of drug-likeness (QED) is 0.656. The average Bonchev–Trinajstić information content (AvgIpc) is 2.37. The molecule has 0 atom stereocenters. The third-order valence-corrected chi connectivity index (χ3v) is 2.87. The van der Waals surface area contributed by atoms with Gasteiger partial charge in [-0.3, -0.25) is 0 Å². The number of carbonyl (C=O) groups is 1. The molecule has 0 saturated carbocycles. The van der Waals surface area contributed by atoms with Gasteiger partial charge in [-0.1, -0.05) is 15.9 Å². The van der Waals surface area contributed by atoms with Gasteiger partial charge in [-0.15, -0.1) is 0 Å². The highest BCUT2D eigenvalue weighted by molar-refractivity contribution is 9.10. The molecule has 0 aliphatic heterocycles. The van der Waals surface area contributed by atoms with Gasteiger partial charge in [0.05, 0.1) is 0 Å². The van der Waals surface area contributed by atoms with Crippen LogP contribution in [0.25, 0.3) is 0 Å². The molecule has 0 bridgehead atoms. The average molecular weight is 344 g/mol. The Morgan fingerprint density at radius 3 is 2.55 bits per heavy atom. The summed E-state index contributed by atoms with van der Waals surface area (Å²) in [7, 11) is 0. The van der Waals surface area contributed by atoms with E-state index in [0.717, 1.165) is 6.07 Å². The molecule has 0 amide bonds. The molecule has 7 heteroatoms. The number of aromatic carboxylic acids is 1. The fourth-order valence-corrected chi connectivity index (χ4v) is 1.94. The van der Waals surface area contributed by atoms with E-state index in [4.69, 9.17) is 15.6 Å². The minimum absolute atomic E-state index is 0.136. The van der Waals surface area contributed by atoms with Crippen molar-refractivity contribution in [1.29, 1.82) is 0 Å². The highest BCUT2D eigenvalue weighted by Crippen LogP contribution is 2.32. The van der Waals surface area contributed by atoms with Gasteiger partial charge in [0.2, 0.25) is 5.82 Å². The van der Waals surface area contributed by atoms with Crippen molar-refractivity contribution in [3.8, 4) is 11.5 Å². The topological polar surface area (TPSA) is 72.5 Å². The number of anilines is 1. The van der Waals surface area contributed by atoms with Crippen LogP contribution in [0.15, 0.2) is 34.8 Å². The molecule has 104 valence electrons. The van der Waals surface area contributed by atoms with Gasteiger partial charge in [-0.05, 0) is 30.3 Å². The van der Waals surface area contributed by atoms with Crippen LogP contribution in [0.4, 0.5) is 14.5 Å². The zero-order chi connectivity index (χ0) is 14.9. The number of hydrogen-bond donors (Lipinski definition) is 2. The summed E-state index contributed by atoms with van der Waals surface area (Å²) in [5.74, 6) is -4.17. The van der Waals surface area contributed by atoms with Gasteiger partial charge in [0.25, 0.3) is 0 Å². The fourth-order valence-electron chi connectivity index (χ4n) is 1.53. The van der Waals surface area contributed by atoms with Crippen molar-refractivity contribution in [3.63, 3.8) is 0 Å². The Hall–Kier alpha value is -2.15.